The summed E-state index contributed by atoms with van der Waals surface area (Å²) in [5.41, 5.74) is 0. The van der Waals surface area contributed by atoms with Crippen LogP contribution in [0.2, 0.25) is 0 Å². The van der Waals surface area contributed by atoms with Gasteiger partial charge in [0.25, 0.3) is 0 Å². The van der Waals surface area contributed by atoms with Crippen LogP contribution in [0.3, 0.4) is 0 Å². The van der Waals surface area contributed by atoms with E-state index in [9.17, 15) is 0 Å². The Balaban J connectivity index is 3.53. The van der Waals surface area contributed by atoms with Crippen LogP contribution >= 0.6 is 0 Å². The van der Waals surface area contributed by atoms with Crippen LogP contribution in [0.15, 0.2) is 0 Å². The normalized spacial score (nSPS) is 14.2. The van der Waals surface area contributed by atoms with E-state index in [0.717, 1.165) is 6.54 Å². The zero-order valence-electron chi connectivity index (χ0n) is 8.83. The van der Waals surface area contributed by atoms with Crippen molar-refractivity contribution in [2.75, 3.05) is 34.4 Å². The minimum atomic E-state index is 0.183. The highest BCUT2D eigenvalue weighted by molar-refractivity contribution is 4.59. The Labute approximate surface area is 75.6 Å². The van der Waals surface area contributed by atoms with Crippen molar-refractivity contribution in [3.8, 4) is 0 Å². The van der Waals surface area contributed by atoms with Crippen LogP contribution in [0.25, 0.3) is 0 Å². The molecule has 0 N–H and O–H groups in total. The van der Waals surface area contributed by atoms with Gasteiger partial charge >= 0.3 is 0 Å². The first-order chi connectivity index (χ1) is 5.56. The lowest BCUT2D eigenvalue weighted by Crippen LogP contribution is -2.32. The first-order valence-electron chi connectivity index (χ1n) is 4.35. The molecule has 0 aromatic rings. The number of nitrogens with zero attached hydrogens (tertiary/aromatic N) is 1. The van der Waals surface area contributed by atoms with Crippen molar-refractivity contribution in [3.05, 3.63) is 0 Å². The number of hydrogen-bond acceptors (Lipinski definition) is 3. The Kier molecular flexibility index (Phi) is 6.34. The van der Waals surface area contributed by atoms with E-state index in [4.69, 9.17) is 9.47 Å². The van der Waals surface area contributed by atoms with E-state index in [1.807, 2.05) is 27.9 Å². The SMILES string of the molecule is COC(COC(C)C)CN(C)C. The second kappa shape index (κ2) is 6.40. The number of rotatable bonds is 6. The van der Waals surface area contributed by atoms with Gasteiger partial charge in [-0.15, -0.1) is 0 Å². The van der Waals surface area contributed by atoms with Gasteiger partial charge in [0.15, 0.2) is 0 Å². The Bertz CT molecular complexity index is 105. The summed E-state index contributed by atoms with van der Waals surface area (Å²) in [7, 11) is 5.78. The molecule has 1 atom stereocenters. The molecule has 0 aromatic carbocycles. The molecule has 1 unspecified atom stereocenters. The molecule has 3 heteroatoms. The van der Waals surface area contributed by atoms with Crippen molar-refractivity contribution in [3.63, 3.8) is 0 Å². The number of methoxy groups -OCH3 is 1. The molecule has 0 aliphatic carbocycles. The van der Waals surface area contributed by atoms with E-state index in [1.165, 1.54) is 0 Å². The highest BCUT2D eigenvalue weighted by Gasteiger charge is 2.09. The molecule has 0 rings (SSSR count). The lowest BCUT2D eigenvalue weighted by atomic mass is 10.3. The lowest BCUT2D eigenvalue weighted by molar-refractivity contribution is -0.0242. The van der Waals surface area contributed by atoms with E-state index in [2.05, 4.69) is 4.90 Å². The zero-order chi connectivity index (χ0) is 9.56. The molecule has 0 radical (unpaired) electrons. The molecule has 0 heterocycles. The average molecular weight is 175 g/mol. The summed E-state index contributed by atoms with van der Waals surface area (Å²) in [6.07, 6.45) is 0.465. The molecular formula is C9H21NO2. The van der Waals surface area contributed by atoms with Gasteiger partial charge in [-0.25, -0.2) is 0 Å². The maximum absolute atomic E-state index is 5.44. The quantitative estimate of drug-likeness (QED) is 0.601. The van der Waals surface area contributed by atoms with Crippen LogP contribution in [-0.2, 0) is 9.47 Å². The number of hydrogen-bond donors (Lipinski definition) is 0. The Morgan fingerprint density at radius 3 is 2.17 bits per heavy atom. The first-order valence-corrected chi connectivity index (χ1v) is 4.35. The largest absolute Gasteiger partial charge is 0.378 e. The summed E-state index contributed by atoms with van der Waals surface area (Å²) in [4.78, 5) is 2.10. The summed E-state index contributed by atoms with van der Waals surface area (Å²) < 4.78 is 10.7. The van der Waals surface area contributed by atoms with Crippen molar-refractivity contribution in [1.29, 1.82) is 0 Å². The zero-order valence-corrected chi connectivity index (χ0v) is 8.83. The summed E-state index contributed by atoms with van der Waals surface area (Å²) in [5.74, 6) is 0. The summed E-state index contributed by atoms with van der Waals surface area (Å²) in [6, 6.07) is 0. The molecule has 0 aliphatic heterocycles. The fraction of sp³-hybridized carbons (Fsp3) is 1.00. The Morgan fingerprint density at radius 1 is 1.25 bits per heavy atom. The molecular weight excluding hydrogens is 154 g/mol. The van der Waals surface area contributed by atoms with E-state index in [0.29, 0.717) is 6.61 Å². The van der Waals surface area contributed by atoms with E-state index >= 15 is 0 Å². The summed E-state index contributed by atoms with van der Waals surface area (Å²) in [5, 5.41) is 0. The van der Waals surface area contributed by atoms with Crippen LogP contribution in [0.1, 0.15) is 13.8 Å². The highest BCUT2D eigenvalue weighted by atomic mass is 16.5. The maximum Gasteiger partial charge on any atom is 0.0931 e. The molecule has 0 saturated heterocycles. The summed E-state index contributed by atoms with van der Waals surface area (Å²) >= 11 is 0. The van der Waals surface area contributed by atoms with Crippen LogP contribution < -0.4 is 0 Å². The smallest absolute Gasteiger partial charge is 0.0931 e. The van der Waals surface area contributed by atoms with Crippen LogP contribution in [0.5, 0.6) is 0 Å². The first kappa shape index (κ1) is 11.9. The average Bonchev–Trinajstić information content (AvgIpc) is 1.97. The maximum atomic E-state index is 5.44. The van der Waals surface area contributed by atoms with E-state index < -0.39 is 0 Å². The molecule has 3 nitrogen and oxygen atoms in total. The number of ether oxygens (including phenoxy) is 2. The van der Waals surface area contributed by atoms with Gasteiger partial charge in [0, 0.05) is 13.7 Å². The Morgan fingerprint density at radius 2 is 1.83 bits per heavy atom. The second-order valence-electron chi connectivity index (χ2n) is 3.50. The van der Waals surface area contributed by atoms with Crippen molar-refractivity contribution in [2.45, 2.75) is 26.1 Å². The van der Waals surface area contributed by atoms with Crippen molar-refractivity contribution in [2.24, 2.45) is 0 Å². The Hall–Kier alpha value is -0.120. The molecule has 0 aromatic heterocycles. The molecule has 12 heavy (non-hydrogen) atoms. The molecule has 0 bridgehead atoms. The van der Waals surface area contributed by atoms with Gasteiger partial charge in [0.2, 0.25) is 0 Å². The molecule has 0 spiro atoms. The molecule has 0 fully saturated rings. The molecule has 0 saturated carbocycles. The van der Waals surface area contributed by atoms with Gasteiger partial charge in [-0.05, 0) is 27.9 Å². The minimum absolute atomic E-state index is 0.183. The highest BCUT2D eigenvalue weighted by Crippen LogP contribution is 1.96. The van der Waals surface area contributed by atoms with Gasteiger partial charge in [-0.3, -0.25) is 0 Å². The standard InChI is InChI=1S/C9H21NO2/c1-8(2)12-7-9(11-5)6-10(3)4/h8-9H,6-7H2,1-5H3. The van der Waals surface area contributed by atoms with Gasteiger partial charge in [0.1, 0.15) is 0 Å². The van der Waals surface area contributed by atoms with Crippen LogP contribution in [0, 0.1) is 0 Å². The molecule has 74 valence electrons. The predicted octanol–water partition coefficient (Wildman–Crippen LogP) is 0.988. The van der Waals surface area contributed by atoms with Crippen LogP contribution in [-0.4, -0.2) is 51.5 Å². The van der Waals surface area contributed by atoms with Crippen molar-refractivity contribution >= 4 is 0 Å². The van der Waals surface area contributed by atoms with Crippen molar-refractivity contribution in [1.82, 2.24) is 4.90 Å². The van der Waals surface area contributed by atoms with Gasteiger partial charge < -0.3 is 14.4 Å². The summed E-state index contributed by atoms with van der Waals surface area (Å²) in [6.45, 7) is 5.64. The van der Waals surface area contributed by atoms with Gasteiger partial charge in [-0.1, -0.05) is 0 Å². The van der Waals surface area contributed by atoms with Crippen LogP contribution in [0.4, 0.5) is 0 Å². The predicted molar refractivity (Wildman–Crippen MR) is 50.4 cm³/mol. The topological polar surface area (TPSA) is 21.7 Å². The second-order valence-corrected chi connectivity index (χ2v) is 3.50. The monoisotopic (exact) mass is 175 g/mol. The van der Waals surface area contributed by atoms with Gasteiger partial charge in [-0.2, -0.15) is 0 Å². The fourth-order valence-electron chi connectivity index (χ4n) is 0.902. The number of likely N-dealkylation sites (N-methyl/N-ethyl adjacent to an activating group) is 1. The van der Waals surface area contributed by atoms with E-state index in [-0.39, 0.29) is 12.2 Å². The molecule has 0 amide bonds. The minimum Gasteiger partial charge on any atom is -0.378 e. The fourth-order valence-corrected chi connectivity index (χ4v) is 0.902. The third-order valence-electron chi connectivity index (χ3n) is 1.52. The third-order valence-corrected chi connectivity index (χ3v) is 1.52. The lowest BCUT2D eigenvalue weighted by Gasteiger charge is -2.20. The van der Waals surface area contributed by atoms with E-state index in [1.54, 1.807) is 7.11 Å². The molecule has 0 aliphatic rings. The third kappa shape index (κ3) is 6.58. The van der Waals surface area contributed by atoms with Crippen molar-refractivity contribution < 1.29 is 9.47 Å². The van der Waals surface area contributed by atoms with Gasteiger partial charge in [0.05, 0.1) is 18.8 Å².